The van der Waals surface area contributed by atoms with Crippen LogP contribution >= 0.6 is 0 Å². The van der Waals surface area contributed by atoms with Crippen LogP contribution in [-0.4, -0.2) is 37.7 Å². The maximum Gasteiger partial charge on any atom is 0.225 e. The van der Waals surface area contributed by atoms with Gasteiger partial charge < -0.3 is 4.90 Å². The van der Waals surface area contributed by atoms with Crippen LogP contribution in [0.25, 0.3) is 5.65 Å². The van der Waals surface area contributed by atoms with E-state index in [4.69, 9.17) is 0 Å². The van der Waals surface area contributed by atoms with Crippen LogP contribution in [-0.2, 0) is 0 Å². The average Bonchev–Trinajstić information content (AvgIpc) is 3.02. The Labute approximate surface area is 135 Å². The van der Waals surface area contributed by atoms with Gasteiger partial charge in [-0.3, -0.25) is 0 Å². The molecule has 1 aliphatic heterocycles. The van der Waals surface area contributed by atoms with Gasteiger partial charge in [-0.2, -0.15) is 5.10 Å². The van der Waals surface area contributed by atoms with Crippen molar-refractivity contribution in [3.05, 3.63) is 47.7 Å². The molecular formula is C17H20N6. The molecule has 4 rings (SSSR count). The number of anilines is 1. The van der Waals surface area contributed by atoms with Crippen LogP contribution in [0.4, 0.5) is 5.95 Å². The first-order valence-electron chi connectivity index (χ1n) is 8.06. The molecule has 1 saturated heterocycles. The fourth-order valence-electron chi connectivity index (χ4n) is 3.39. The Hall–Kier alpha value is -2.50. The van der Waals surface area contributed by atoms with E-state index < -0.39 is 0 Å². The third-order valence-electron chi connectivity index (χ3n) is 4.49. The SMILES string of the molecule is Cc1cc(C)nc(N2CCC(c3ccnc4ccnn34)CC2)n1. The van der Waals surface area contributed by atoms with E-state index in [0.29, 0.717) is 5.92 Å². The predicted molar refractivity (Wildman–Crippen MR) is 88.7 cm³/mol. The number of aryl methyl sites for hydroxylation is 2. The Morgan fingerprint density at radius 3 is 2.48 bits per heavy atom. The highest BCUT2D eigenvalue weighted by Gasteiger charge is 2.24. The molecule has 0 unspecified atom stereocenters. The molecule has 6 nitrogen and oxygen atoms in total. The zero-order chi connectivity index (χ0) is 15.8. The summed E-state index contributed by atoms with van der Waals surface area (Å²) in [6, 6.07) is 6.05. The zero-order valence-electron chi connectivity index (χ0n) is 13.5. The summed E-state index contributed by atoms with van der Waals surface area (Å²) in [5, 5.41) is 4.41. The van der Waals surface area contributed by atoms with Crippen molar-refractivity contribution in [2.24, 2.45) is 0 Å². The van der Waals surface area contributed by atoms with Gasteiger partial charge in [-0.05, 0) is 38.8 Å². The van der Waals surface area contributed by atoms with Gasteiger partial charge in [-0.25, -0.2) is 19.5 Å². The lowest BCUT2D eigenvalue weighted by Gasteiger charge is -2.32. The van der Waals surface area contributed by atoms with Gasteiger partial charge in [0.1, 0.15) is 0 Å². The maximum absolute atomic E-state index is 4.58. The minimum atomic E-state index is 0.502. The second-order valence-electron chi connectivity index (χ2n) is 6.18. The molecule has 6 heteroatoms. The summed E-state index contributed by atoms with van der Waals surface area (Å²) in [7, 11) is 0. The summed E-state index contributed by atoms with van der Waals surface area (Å²) in [6.07, 6.45) is 5.85. The van der Waals surface area contributed by atoms with E-state index in [2.05, 4.69) is 31.0 Å². The lowest BCUT2D eigenvalue weighted by Crippen LogP contribution is -2.34. The van der Waals surface area contributed by atoms with E-state index in [-0.39, 0.29) is 0 Å². The monoisotopic (exact) mass is 308 g/mol. The van der Waals surface area contributed by atoms with Gasteiger partial charge in [-0.1, -0.05) is 0 Å². The van der Waals surface area contributed by atoms with Gasteiger partial charge in [0.15, 0.2) is 5.65 Å². The van der Waals surface area contributed by atoms with Crippen LogP contribution in [0.1, 0.15) is 35.8 Å². The highest BCUT2D eigenvalue weighted by molar-refractivity contribution is 5.38. The molecule has 0 radical (unpaired) electrons. The number of piperidine rings is 1. The van der Waals surface area contributed by atoms with Crippen molar-refractivity contribution in [2.75, 3.05) is 18.0 Å². The number of fused-ring (bicyclic) bond motifs is 1. The predicted octanol–water partition coefficient (Wildman–Crippen LogP) is 2.52. The fourth-order valence-corrected chi connectivity index (χ4v) is 3.39. The van der Waals surface area contributed by atoms with Crippen molar-refractivity contribution < 1.29 is 0 Å². The third-order valence-corrected chi connectivity index (χ3v) is 4.49. The van der Waals surface area contributed by atoms with Gasteiger partial charge >= 0.3 is 0 Å². The Morgan fingerprint density at radius 1 is 1.00 bits per heavy atom. The molecule has 0 saturated carbocycles. The molecule has 4 heterocycles. The molecule has 3 aromatic heterocycles. The van der Waals surface area contributed by atoms with Crippen LogP contribution in [0, 0.1) is 13.8 Å². The highest BCUT2D eigenvalue weighted by atomic mass is 15.3. The standard InChI is InChI=1S/C17H20N6/c1-12-11-13(2)21-17(20-12)22-9-5-14(6-10-22)15-3-7-18-16-4-8-19-23(15)16/h3-4,7-8,11,14H,5-6,9-10H2,1-2H3. The summed E-state index contributed by atoms with van der Waals surface area (Å²) in [5.41, 5.74) is 4.23. The molecular weight excluding hydrogens is 288 g/mol. The normalized spacial score (nSPS) is 16.2. The second kappa shape index (κ2) is 5.61. The average molecular weight is 308 g/mol. The Bertz CT molecular complexity index is 812. The van der Waals surface area contributed by atoms with Gasteiger partial charge in [0, 0.05) is 48.4 Å². The summed E-state index contributed by atoms with van der Waals surface area (Å²) < 4.78 is 1.97. The number of hydrogen-bond donors (Lipinski definition) is 0. The molecule has 1 fully saturated rings. The fraction of sp³-hybridized carbons (Fsp3) is 0.412. The van der Waals surface area contributed by atoms with E-state index in [0.717, 1.165) is 48.9 Å². The minimum absolute atomic E-state index is 0.502. The largest absolute Gasteiger partial charge is 0.341 e. The van der Waals surface area contributed by atoms with E-state index in [1.165, 1.54) is 5.69 Å². The molecule has 0 N–H and O–H groups in total. The van der Waals surface area contributed by atoms with Crippen LogP contribution in [0.5, 0.6) is 0 Å². The lowest BCUT2D eigenvalue weighted by atomic mass is 9.93. The Kier molecular flexibility index (Phi) is 3.44. The first-order valence-corrected chi connectivity index (χ1v) is 8.06. The Morgan fingerprint density at radius 2 is 1.74 bits per heavy atom. The quantitative estimate of drug-likeness (QED) is 0.728. The highest BCUT2D eigenvalue weighted by Crippen LogP contribution is 2.29. The summed E-state index contributed by atoms with van der Waals surface area (Å²) in [4.78, 5) is 15.8. The zero-order valence-corrected chi connectivity index (χ0v) is 13.5. The van der Waals surface area contributed by atoms with Crippen molar-refractivity contribution in [1.29, 1.82) is 0 Å². The first-order chi connectivity index (χ1) is 11.2. The van der Waals surface area contributed by atoms with E-state index in [1.807, 2.05) is 42.9 Å². The summed E-state index contributed by atoms with van der Waals surface area (Å²) in [5.74, 6) is 1.36. The maximum atomic E-state index is 4.58. The van der Waals surface area contributed by atoms with Crippen molar-refractivity contribution in [2.45, 2.75) is 32.6 Å². The molecule has 0 amide bonds. The van der Waals surface area contributed by atoms with E-state index in [1.54, 1.807) is 0 Å². The smallest absolute Gasteiger partial charge is 0.225 e. The van der Waals surface area contributed by atoms with Crippen molar-refractivity contribution in [3.63, 3.8) is 0 Å². The van der Waals surface area contributed by atoms with Crippen molar-refractivity contribution >= 4 is 11.6 Å². The third kappa shape index (κ3) is 2.65. The van der Waals surface area contributed by atoms with Gasteiger partial charge in [0.05, 0.1) is 6.20 Å². The summed E-state index contributed by atoms with van der Waals surface area (Å²) >= 11 is 0. The lowest BCUT2D eigenvalue weighted by molar-refractivity contribution is 0.481. The first kappa shape index (κ1) is 14.1. The molecule has 0 aromatic carbocycles. The van der Waals surface area contributed by atoms with Gasteiger partial charge in [0.25, 0.3) is 0 Å². The number of nitrogens with zero attached hydrogens (tertiary/aromatic N) is 6. The molecule has 23 heavy (non-hydrogen) atoms. The van der Waals surface area contributed by atoms with Gasteiger partial charge in [0.2, 0.25) is 5.95 Å². The van der Waals surface area contributed by atoms with E-state index in [9.17, 15) is 0 Å². The van der Waals surface area contributed by atoms with Crippen LogP contribution in [0.15, 0.2) is 30.6 Å². The summed E-state index contributed by atoms with van der Waals surface area (Å²) in [6.45, 7) is 5.99. The number of hydrogen-bond acceptors (Lipinski definition) is 5. The molecule has 1 aliphatic rings. The number of rotatable bonds is 2. The molecule has 118 valence electrons. The Balaban J connectivity index is 1.54. The molecule has 0 atom stereocenters. The molecule has 0 spiro atoms. The minimum Gasteiger partial charge on any atom is -0.341 e. The van der Waals surface area contributed by atoms with E-state index >= 15 is 0 Å². The van der Waals surface area contributed by atoms with Crippen LogP contribution < -0.4 is 4.90 Å². The van der Waals surface area contributed by atoms with Crippen molar-refractivity contribution in [3.8, 4) is 0 Å². The molecule has 3 aromatic rings. The topological polar surface area (TPSA) is 59.2 Å². The molecule has 0 aliphatic carbocycles. The van der Waals surface area contributed by atoms with Crippen LogP contribution in [0.2, 0.25) is 0 Å². The number of aromatic nitrogens is 5. The van der Waals surface area contributed by atoms with Gasteiger partial charge in [-0.15, -0.1) is 0 Å². The molecule has 0 bridgehead atoms. The van der Waals surface area contributed by atoms with Crippen molar-refractivity contribution in [1.82, 2.24) is 24.6 Å². The van der Waals surface area contributed by atoms with Crippen LogP contribution in [0.3, 0.4) is 0 Å². The second-order valence-corrected chi connectivity index (χ2v) is 6.18.